The Morgan fingerprint density at radius 2 is 1.71 bits per heavy atom. The van der Waals surface area contributed by atoms with E-state index in [-0.39, 0.29) is 17.4 Å². The van der Waals surface area contributed by atoms with Gasteiger partial charge < -0.3 is 10.2 Å². The highest BCUT2D eigenvalue weighted by Crippen LogP contribution is 2.11. The molecule has 2 amide bonds. The van der Waals surface area contributed by atoms with Crippen LogP contribution in [0, 0.1) is 6.92 Å². The molecule has 2 rings (SSSR count). The first kappa shape index (κ1) is 18.5. The summed E-state index contributed by atoms with van der Waals surface area (Å²) in [6.07, 6.45) is 0.456. The van der Waals surface area contributed by atoms with Gasteiger partial charge in [0.25, 0.3) is 0 Å². The van der Waals surface area contributed by atoms with Crippen LogP contribution in [0.2, 0.25) is 0 Å². The zero-order valence-electron chi connectivity index (χ0n) is 15.3. The third kappa shape index (κ3) is 5.64. The van der Waals surface area contributed by atoms with Crippen molar-refractivity contribution in [1.29, 1.82) is 0 Å². The number of rotatable bonds is 4. The number of carbonyl (C=O) groups excluding carboxylic acids is 2. The second-order valence-corrected chi connectivity index (χ2v) is 7.56. The van der Waals surface area contributed by atoms with Gasteiger partial charge in [0.2, 0.25) is 11.8 Å². The van der Waals surface area contributed by atoms with Crippen LogP contribution in [-0.2, 0) is 16.0 Å². The van der Waals surface area contributed by atoms with Crippen molar-refractivity contribution in [2.24, 2.45) is 0 Å². The molecule has 0 unspecified atom stereocenters. The largest absolute Gasteiger partial charge is 0.350 e. The zero-order valence-corrected chi connectivity index (χ0v) is 15.3. The van der Waals surface area contributed by atoms with E-state index in [2.05, 4.69) is 10.2 Å². The van der Waals surface area contributed by atoms with Crippen LogP contribution in [0.1, 0.15) is 31.9 Å². The molecule has 1 aromatic rings. The molecule has 1 heterocycles. The van der Waals surface area contributed by atoms with E-state index in [1.807, 2.05) is 56.9 Å². The maximum Gasteiger partial charge on any atom is 0.234 e. The molecule has 0 radical (unpaired) electrons. The van der Waals surface area contributed by atoms with Crippen molar-refractivity contribution >= 4 is 11.8 Å². The third-order valence-corrected chi connectivity index (χ3v) is 4.21. The summed E-state index contributed by atoms with van der Waals surface area (Å²) in [6.45, 7) is 11.2. The van der Waals surface area contributed by atoms with E-state index in [9.17, 15) is 9.59 Å². The van der Waals surface area contributed by atoms with Gasteiger partial charge in [0.1, 0.15) is 0 Å². The Morgan fingerprint density at radius 1 is 1.08 bits per heavy atom. The summed E-state index contributed by atoms with van der Waals surface area (Å²) in [7, 11) is 0. The fourth-order valence-electron chi connectivity index (χ4n) is 2.90. The first-order valence-electron chi connectivity index (χ1n) is 8.60. The molecule has 0 aromatic heterocycles. The first-order valence-corrected chi connectivity index (χ1v) is 8.60. The monoisotopic (exact) mass is 331 g/mol. The van der Waals surface area contributed by atoms with Gasteiger partial charge >= 0.3 is 0 Å². The molecule has 0 atom stereocenters. The van der Waals surface area contributed by atoms with Crippen molar-refractivity contribution in [3.05, 3.63) is 35.4 Å². The van der Waals surface area contributed by atoms with Gasteiger partial charge in [0.15, 0.2) is 0 Å². The number of piperazine rings is 1. The van der Waals surface area contributed by atoms with Crippen LogP contribution >= 0.6 is 0 Å². The minimum Gasteiger partial charge on any atom is -0.350 e. The Hall–Kier alpha value is -1.88. The number of hydrogen-bond donors (Lipinski definition) is 1. The van der Waals surface area contributed by atoms with Crippen LogP contribution in [-0.4, -0.2) is 59.9 Å². The second kappa shape index (κ2) is 7.79. The Bertz CT molecular complexity index is 585. The molecule has 5 heteroatoms. The number of amides is 2. The lowest BCUT2D eigenvalue weighted by Crippen LogP contribution is -2.53. The van der Waals surface area contributed by atoms with Gasteiger partial charge in [-0.25, -0.2) is 0 Å². The summed E-state index contributed by atoms with van der Waals surface area (Å²) in [5.41, 5.74) is 2.04. The molecule has 1 fully saturated rings. The van der Waals surface area contributed by atoms with Gasteiger partial charge in [0.05, 0.1) is 13.0 Å². The minimum atomic E-state index is -0.206. The molecule has 1 N–H and O–H groups in total. The van der Waals surface area contributed by atoms with E-state index >= 15 is 0 Å². The van der Waals surface area contributed by atoms with Crippen LogP contribution in [0.25, 0.3) is 0 Å². The van der Waals surface area contributed by atoms with Gasteiger partial charge in [-0.15, -0.1) is 0 Å². The van der Waals surface area contributed by atoms with E-state index < -0.39 is 0 Å². The van der Waals surface area contributed by atoms with Crippen LogP contribution in [0.3, 0.4) is 0 Å². The molecule has 24 heavy (non-hydrogen) atoms. The second-order valence-electron chi connectivity index (χ2n) is 7.56. The van der Waals surface area contributed by atoms with Crippen molar-refractivity contribution in [2.45, 2.75) is 39.7 Å². The van der Waals surface area contributed by atoms with Crippen molar-refractivity contribution < 1.29 is 9.59 Å². The van der Waals surface area contributed by atoms with Crippen LogP contribution in [0.4, 0.5) is 0 Å². The number of benzene rings is 1. The molecular formula is C19H29N3O2. The van der Waals surface area contributed by atoms with Crippen LogP contribution in [0.15, 0.2) is 24.3 Å². The summed E-state index contributed by atoms with van der Waals surface area (Å²) in [5.74, 6) is 0.213. The zero-order chi connectivity index (χ0) is 17.7. The molecule has 1 aliphatic heterocycles. The predicted molar refractivity (Wildman–Crippen MR) is 95.8 cm³/mol. The van der Waals surface area contributed by atoms with Crippen molar-refractivity contribution in [3.8, 4) is 0 Å². The average Bonchev–Trinajstić information content (AvgIpc) is 2.48. The lowest BCUT2D eigenvalue weighted by molar-refractivity contribution is -0.132. The van der Waals surface area contributed by atoms with Gasteiger partial charge in [-0.1, -0.05) is 24.3 Å². The maximum atomic E-state index is 12.5. The van der Waals surface area contributed by atoms with Gasteiger partial charge in [0, 0.05) is 31.7 Å². The number of aryl methyl sites for hydroxylation is 1. The molecule has 1 aliphatic rings. The maximum absolute atomic E-state index is 12.5. The molecular weight excluding hydrogens is 302 g/mol. The predicted octanol–water partition coefficient (Wildman–Crippen LogP) is 1.60. The van der Waals surface area contributed by atoms with Gasteiger partial charge in [-0.05, 0) is 38.8 Å². The van der Waals surface area contributed by atoms with E-state index in [4.69, 9.17) is 0 Å². The Labute approximate surface area is 145 Å². The molecule has 1 aromatic carbocycles. The Morgan fingerprint density at radius 3 is 2.29 bits per heavy atom. The molecule has 0 spiro atoms. The van der Waals surface area contributed by atoms with Crippen LogP contribution < -0.4 is 5.32 Å². The highest BCUT2D eigenvalue weighted by molar-refractivity contribution is 5.80. The van der Waals surface area contributed by atoms with Crippen molar-refractivity contribution in [1.82, 2.24) is 15.1 Å². The average molecular weight is 331 g/mol. The standard InChI is InChI=1S/C19H29N3O2/c1-15-7-5-6-8-16(15)13-18(24)22-11-9-21(10-12-22)14-17(23)20-19(2,3)4/h5-8H,9-14H2,1-4H3,(H,20,23). The first-order chi connectivity index (χ1) is 11.2. The summed E-state index contributed by atoms with van der Waals surface area (Å²) in [5, 5.41) is 2.98. The van der Waals surface area contributed by atoms with Crippen LogP contribution in [0.5, 0.6) is 0 Å². The number of carbonyl (C=O) groups is 2. The minimum absolute atomic E-state index is 0.0437. The molecule has 0 bridgehead atoms. The molecule has 1 saturated heterocycles. The van der Waals surface area contributed by atoms with Crippen molar-refractivity contribution in [2.75, 3.05) is 32.7 Å². The lowest BCUT2D eigenvalue weighted by Gasteiger charge is -2.35. The normalized spacial score (nSPS) is 16.1. The lowest BCUT2D eigenvalue weighted by atomic mass is 10.1. The van der Waals surface area contributed by atoms with Gasteiger partial charge in [-0.2, -0.15) is 0 Å². The SMILES string of the molecule is Cc1ccccc1CC(=O)N1CCN(CC(=O)NC(C)(C)C)CC1. The fraction of sp³-hybridized carbons (Fsp3) is 0.579. The highest BCUT2D eigenvalue weighted by Gasteiger charge is 2.23. The smallest absolute Gasteiger partial charge is 0.234 e. The molecule has 0 aliphatic carbocycles. The molecule has 0 saturated carbocycles. The molecule has 132 valence electrons. The summed E-state index contributed by atoms with van der Waals surface area (Å²) in [4.78, 5) is 28.5. The number of nitrogens with one attached hydrogen (secondary N) is 1. The highest BCUT2D eigenvalue weighted by atomic mass is 16.2. The quantitative estimate of drug-likeness (QED) is 0.912. The van der Waals surface area contributed by atoms with E-state index in [0.717, 1.165) is 24.2 Å². The number of hydrogen-bond acceptors (Lipinski definition) is 3. The van der Waals surface area contributed by atoms with E-state index in [1.54, 1.807) is 0 Å². The van der Waals surface area contributed by atoms with E-state index in [0.29, 0.717) is 26.1 Å². The van der Waals surface area contributed by atoms with Gasteiger partial charge in [-0.3, -0.25) is 14.5 Å². The summed E-state index contributed by atoms with van der Waals surface area (Å²) in [6, 6.07) is 8.01. The van der Waals surface area contributed by atoms with Crippen molar-refractivity contribution in [3.63, 3.8) is 0 Å². The molecule has 5 nitrogen and oxygen atoms in total. The Kier molecular flexibility index (Phi) is 5.99. The Balaban J connectivity index is 1.79. The summed E-state index contributed by atoms with van der Waals surface area (Å²) < 4.78 is 0. The fourth-order valence-corrected chi connectivity index (χ4v) is 2.90. The third-order valence-electron chi connectivity index (χ3n) is 4.21. The summed E-state index contributed by atoms with van der Waals surface area (Å²) >= 11 is 0. The van der Waals surface area contributed by atoms with E-state index in [1.165, 1.54) is 0 Å². The number of nitrogens with zero attached hydrogens (tertiary/aromatic N) is 2. The topological polar surface area (TPSA) is 52.7 Å².